The van der Waals surface area contributed by atoms with E-state index in [1.54, 1.807) is 23.7 Å². The number of rotatable bonds is 3. The topological polar surface area (TPSA) is 42.0 Å². The first-order valence-electron chi connectivity index (χ1n) is 6.08. The molecule has 1 N–H and O–H groups in total. The highest BCUT2D eigenvalue weighted by molar-refractivity contribution is 7.16. The molecule has 0 bridgehead atoms. The monoisotopic (exact) mass is 286 g/mol. The maximum atomic E-state index is 13.0. The summed E-state index contributed by atoms with van der Waals surface area (Å²) >= 11 is 1.49. The Bertz CT molecular complexity index is 769. The summed E-state index contributed by atoms with van der Waals surface area (Å²) in [6.45, 7) is 0.303. The van der Waals surface area contributed by atoms with Gasteiger partial charge in [-0.05, 0) is 35.9 Å². The summed E-state index contributed by atoms with van der Waals surface area (Å²) in [4.78, 5) is 16.2. The molecule has 3 rings (SSSR count). The predicted molar refractivity (Wildman–Crippen MR) is 77.2 cm³/mol. The Kier molecular flexibility index (Phi) is 3.43. The lowest BCUT2D eigenvalue weighted by Crippen LogP contribution is -2.22. The maximum absolute atomic E-state index is 13.0. The minimum absolute atomic E-state index is 0.176. The van der Waals surface area contributed by atoms with Crippen molar-refractivity contribution in [2.45, 2.75) is 6.54 Å². The standard InChI is InChI=1S/C15H11FN2OS/c16-12-3-1-2-10(6-12)8-17-15(19)11-4-5-13-14(7-11)20-9-18-13/h1-7,9H,8H2,(H,17,19). The van der Waals surface area contributed by atoms with Crippen molar-refractivity contribution in [1.29, 1.82) is 0 Å². The van der Waals surface area contributed by atoms with E-state index in [0.29, 0.717) is 12.1 Å². The van der Waals surface area contributed by atoms with Crippen LogP contribution in [0.4, 0.5) is 4.39 Å². The minimum atomic E-state index is -0.303. The van der Waals surface area contributed by atoms with Crippen LogP contribution in [0, 0.1) is 5.82 Å². The molecule has 0 saturated carbocycles. The Balaban J connectivity index is 1.72. The Morgan fingerprint density at radius 3 is 3.00 bits per heavy atom. The summed E-state index contributed by atoms with van der Waals surface area (Å²) in [6.07, 6.45) is 0. The minimum Gasteiger partial charge on any atom is -0.348 e. The second-order valence-electron chi connectivity index (χ2n) is 4.35. The molecule has 0 unspecified atom stereocenters. The summed E-state index contributed by atoms with van der Waals surface area (Å²) in [6, 6.07) is 11.6. The quantitative estimate of drug-likeness (QED) is 0.802. The molecule has 0 spiro atoms. The fraction of sp³-hybridized carbons (Fsp3) is 0.0667. The van der Waals surface area contributed by atoms with Crippen LogP contribution in [0.3, 0.4) is 0 Å². The first-order valence-corrected chi connectivity index (χ1v) is 6.96. The van der Waals surface area contributed by atoms with E-state index in [-0.39, 0.29) is 11.7 Å². The van der Waals surface area contributed by atoms with Gasteiger partial charge in [0.25, 0.3) is 5.91 Å². The molecule has 1 aromatic heterocycles. The molecule has 0 radical (unpaired) electrons. The van der Waals surface area contributed by atoms with E-state index in [1.807, 2.05) is 12.1 Å². The molecule has 2 aromatic carbocycles. The fourth-order valence-corrected chi connectivity index (χ4v) is 2.64. The van der Waals surface area contributed by atoms with Crippen LogP contribution in [0.5, 0.6) is 0 Å². The van der Waals surface area contributed by atoms with Crippen molar-refractivity contribution in [3.05, 3.63) is 64.9 Å². The van der Waals surface area contributed by atoms with Gasteiger partial charge in [-0.15, -0.1) is 11.3 Å². The van der Waals surface area contributed by atoms with E-state index < -0.39 is 0 Å². The van der Waals surface area contributed by atoms with Crippen LogP contribution >= 0.6 is 11.3 Å². The molecule has 100 valence electrons. The van der Waals surface area contributed by atoms with Crippen LogP contribution in [0.25, 0.3) is 10.2 Å². The predicted octanol–water partition coefficient (Wildman–Crippen LogP) is 3.37. The largest absolute Gasteiger partial charge is 0.348 e. The van der Waals surface area contributed by atoms with E-state index in [9.17, 15) is 9.18 Å². The first-order chi connectivity index (χ1) is 9.72. The number of fused-ring (bicyclic) bond motifs is 1. The van der Waals surface area contributed by atoms with Crippen molar-refractivity contribution in [1.82, 2.24) is 10.3 Å². The number of thiazole rings is 1. The zero-order valence-electron chi connectivity index (χ0n) is 10.5. The number of hydrogen-bond acceptors (Lipinski definition) is 3. The lowest BCUT2D eigenvalue weighted by Gasteiger charge is -2.05. The SMILES string of the molecule is O=C(NCc1cccc(F)c1)c1ccc2ncsc2c1. The number of nitrogens with zero attached hydrogens (tertiary/aromatic N) is 1. The van der Waals surface area contributed by atoms with Crippen LogP contribution < -0.4 is 5.32 Å². The van der Waals surface area contributed by atoms with Crippen molar-refractivity contribution >= 4 is 27.5 Å². The molecular weight excluding hydrogens is 275 g/mol. The van der Waals surface area contributed by atoms with Crippen LogP contribution in [-0.4, -0.2) is 10.9 Å². The Morgan fingerprint density at radius 1 is 1.25 bits per heavy atom. The fourth-order valence-electron chi connectivity index (χ4n) is 1.93. The number of carbonyl (C=O) groups is 1. The Morgan fingerprint density at radius 2 is 2.15 bits per heavy atom. The molecule has 0 atom stereocenters. The van der Waals surface area contributed by atoms with Gasteiger partial charge in [0.1, 0.15) is 5.82 Å². The lowest BCUT2D eigenvalue weighted by atomic mass is 10.2. The third kappa shape index (κ3) is 2.67. The smallest absolute Gasteiger partial charge is 0.251 e. The number of benzene rings is 2. The van der Waals surface area contributed by atoms with Gasteiger partial charge in [-0.3, -0.25) is 4.79 Å². The Hall–Kier alpha value is -2.27. The highest BCUT2D eigenvalue weighted by Crippen LogP contribution is 2.19. The normalized spacial score (nSPS) is 10.7. The van der Waals surface area contributed by atoms with E-state index in [2.05, 4.69) is 10.3 Å². The third-order valence-corrected chi connectivity index (χ3v) is 3.73. The molecule has 1 amide bonds. The number of carbonyl (C=O) groups excluding carboxylic acids is 1. The lowest BCUT2D eigenvalue weighted by molar-refractivity contribution is 0.0951. The van der Waals surface area contributed by atoms with E-state index in [4.69, 9.17) is 0 Å². The maximum Gasteiger partial charge on any atom is 0.251 e. The van der Waals surface area contributed by atoms with Gasteiger partial charge in [0.05, 0.1) is 15.7 Å². The highest BCUT2D eigenvalue weighted by atomic mass is 32.1. The van der Waals surface area contributed by atoms with Crippen molar-refractivity contribution in [3.63, 3.8) is 0 Å². The van der Waals surface area contributed by atoms with E-state index >= 15 is 0 Å². The molecule has 3 aromatic rings. The van der Waals surface area contributed by atoms with Gasteiger partial charge in [-0.1, -0.05) is 12.1 Å². The summed E-state index contributed by atoms with van der Waals surface area (Å²) in [5, 5.41) is 2.78. The molecular formula is C15H11FN2OS. The number of aromatic nitrogens is 1. The third-order valence-electron chi connectivity index (χ3n) is 2.94. The second kappa shape index (κ2) is 5.38. The molecule has 0 aliphatic carbocycles. The van der Waals surface area contributed by atoms with Gasteiger partial charge in [0.2, 0.25) is 0 Å². The van der Waals surface area contributed by atoms with Crippen LogP contribution in [-0.2, 0) is 6.54 Å². The molecule has 0 saturated heterocycles. The van der Waals surface area contributed by atoms with E-state index in [1.165, 1.54) is 23.5 Å². The average molecular weight is 286 g/mol. The van der Waals surface area contributed by atoms with Crippen molar-refractivity contribution in [2.75, 3.05) is 0 Å². The summed E-state index contributed by atoms with van der Waals surface area (Å²) in [5.74, 6) is -0.479. The molecule has 3 nitrogen and oxygen atoms in total. The summed E-state index contributed by atoms with van der Waals surface area (Å²) in [5.41, 5.74) is 3.95. The molecule has 0 fully saturated rings. The van der Waals surface area contributed by atoms with Crippen molar-refractivity contribution < 1.29 is 9.18 Å². The number of halogens is 1. The molecule has 20 heavy (non-hydrogen) atoms. The van der Waals surface area contributed by atoms with Crippen molar-refractivity contribution in [3.8, 4) is 0 Å². The van der Waals surface area contributed by atoms with Crippen LogP contribution in [0.1, 0.15) is 15.9 Å². The van der Waals surface area contributed by atoms with Gasteiger partial charge < -0.3 is 5.32 Å². The van der Waals surface area contributed by atoms with Gasteiger partial charge >= 0.3 is 0 Å². The van der Waals surface area contributed by atoms with Crippen LogP contribution in [0.2, 0.25) is 0 Å². The zero-order valence-corrected chi connectivity index (χ0v) is 11.3. The Labute approximate surface area is 119 Å². The number of hydrogen-bond donors (Lipinski definition) is 1. The molecule has 5 heteroatoms. The van der Waals surface area contributed by atoms with E-state index in [0.717, 1.165) is 15.8 Å². The number of amides is 1. The van der Waals surface area contributed by atoms with Gasteiger partial charge in [0, 0.05) is 12.1 Å². The molecule has 0 aliphatic heterocycles. The molecule has 1 heterocycles. The van der Waals surface area contributed by atoms with Gasteiger partial charge in [-0.25, -0.2) is 9.37 Å². The zero-order chi connectivity index (χ0) is 13.9. The first kappa shape index (κ1) is 12.7. The highest BCUT2D eigenvalue weighted by Gasteiger charge is 2.07. The molecule has 0 aliphatic rings. The van der Waals surface area contributed by atoms with Crippen molar-refractivity contribution in [2.24, 2.45) is 0 Å². The second-order valence-corrected chi connectivity index (χ2v) is 5.23. The number of nitrogens with one attached hydrogen (secondary N) is 1. The van der Waals surface area contributed by atoms with Crippen LogP contribution in [0.15, 0.2) is 48.0 Å². The summed E-state index contributed by atoms with van der Waals surface area (Å²) in [7, 11) is 0. The summed E-state index contributed by atoms with van der Waals surface area (Å²) < 4.78 is 14.0. The average Bonchev–Trinajstić information content (AvgIpc) is 2.92. The van der Waals surface area contributed by atoms with Gasteiger partial charge in [0.15, 0.2) is 0 Å². The van der Waals surface area contributed by atoms with Gasteiger partial charge in [-0.2, -0.15) is 0 Å².